The fourth-order valence-corrected chi connectivity index (χ4v) is 3.07. The molecular formula is C17H21ClN4O. The van der Waals surface area contributed by atoms with Gasteiger partial charge in [-0.05, 0) is 62.7 Å². The number of nitrogens with one attached hydrogen (secondary N) is 1. The molecule has 1 saturated heterocycles. The SMILES string of the molecule is NCC1CCN(Cc2cc(=O)[nH]c(-c3ccc(Cl)cc3)n2)CC1. The number of hydrogen-bond acceptors (Lipinski definition) is 4. The van der Waals surface area contributed by atoms with Crippen LogP contribution in [-0.4, -0.2) is 34.5 Å². The number of aromatic nitrogens is 2. The number of nitrogens with zero attached hydrogens (tertiary/aromatic N) is 2. The fourth-order valence-electron chi connectivity index (χ4n) is 2.94. The third-order valence-corrected chi connectivity index (χ3v) is 4.59. The lowest BCUT2D eigenvalue weighted by atomic mass is 9.97. The maximum absolute atomic E-state index is 11.9. The van der Waals surface area contributed by atoms with Crippen molar-refractivity contribution in [2.75, 3.05) is 19.6 Å². The zero-order valence-corrected chi connectivity index (χ0v) is 13.7. The van der Waals surface area contributed by atoms with Crippen molar-refractivity contribution < 1.29 is 0 Å². The molecule has 0 radical (unpaired) electrons. The molecular weight excluding hydrogens is 312 g/mol. The summed E-state index contributed by atoms with van der Waals surface area (Å²) in [4.78, 5) is 21.7. The second-order valence-corrected chi connectivity index (χ2v) is 6.48. The summed E-state index contributed by atoms with van der Waals surface area (Å²) >= 11 is 5.91. The highest BCUT2D eigenvalue weighted by Gasteiger charge is 2.18. The molecule has 1 aromatic heterocycles. The van der Waals surface area contributed by atoms with Crippen LogP contribution in [0.15, 0.2) is 35.1 Å². The number of H-pyrrole nitrogens is 1. The molecule has 0 bridgehead atoms. The highest BCUT2D eigenvalue weighted by Crippen LogP contribution is 2.19. The van der Waals surface area contributed by atoms with Crippen LogP contribution < -0.4 is 11.3 Å². The molecule has 0 spiro atoms. The van der Waals surface area contributed by atoms with E-state index in [9.17, 15) is 4.79 Å². The second kappa shape index (κ2) is 7.25. The molecule has 3 rings (SSSR count). The van der Waals surface area contributed by atoms with Crippen molar-refractivity contribution in [2.24, 2.45) is 11.7 Å². The van der Waals surface area contributed by atoms with Crippen LogP contribution >= 0.6 is 11.6 Å². The topological polar surface area (TPSA) is 75.0 Å². The molecule has 3 N–H and O–H groups in total. The first-order valence-corrected chi connectivity index (χ1v) is 8.30. The standard InChI is InChI=1S/C17H21ClN4O/c18-14-3-1-13(2-4-14)17-20-15(9-16(23)21-17)11-22-7-5-12(10-19)6-8-22/h1-4,9,12H,5-8,10-11,19H2,(H,20,21,23). The highest BCUT2D eigenvalue weighted by atomic mass is 35.5. The average Bonchev–Trinajstić information content (AvgIpc) is 2.56. The van der Waals surface area contributed by atoms with Gasteiger partial charge in [-0.2, -0.15) is 0 Å². The molecule has 0 unspecified atom stereocenters. The number of hydrogen-bond donors (Lipinski definition) is 2. The van der Waals surface area contributed by atoms with Gasteiger partial charge in [0.1, 0.15) is 5.82 Å². The molecule has 0 amide bonds. The Labute approximate surface area is 140 Å². The van der Waals surface area contributed by atoms with Crippen LogP contribution in [0.5, 0.6) is 0 Å². The molecule has 2 aromatic rings. The van der Waals surface area contributed by atoms with Gasteiger partial charge in [-0.1, -0.05) is 11.6 Å². The van der Waals surface area contributed by atoms with Crippen molar-refractivity contribution in [2.45, 2.75) is 19.4 Å². The van der Waals surface area contributed by atoms with Gasteiger partial charge in [0.05, 0.1) is 5.69 Å². The first kappa shape index (κ1) is 16.2. The largest absolute Gasteiger partial charge is 0.330 e. The average molecular weight is 333 g/mol. The zero-order valence-electron chi connectivity index (χ0n) is 13.0. The Hall–Kier alpha value is -1.69. The van der Waals surface area contributed by atoms with Crippen LogP contribution in [0.3, 0.4) is 0 Å². The van der Waals surface area contributed by atoms with Gasteiger partial charge in [0, 0.05) is 23.2 Å². The monoisotopic (exact) mass is 332 g/mol. The van der Waals surface area contributed by atoms with Crippen molar-refractivity contribution in [3.63, 3.8) is 0 Å². The predicted molar refractivity (Wildman–Crippen MR) is 92.4 cm³/mol. The molecule has 1 aliphatic heterocycles. The summed E-state index contributed by atoms with van der Waals surface area (Å²) in [5, 5.41) is 0.662. The van der Waals surface area contributed by atoms with Crippen LogP contribution in [0, 0.1) is 5.92 Å². The number of likely N-dealkylation sites (tertiary alicyclic amines) is 1. The smallest absolute Gasteiger partial charge is 0.251 e. The summed E-state index contributed by atoms with van der Waals surface area (Å²) in [5.41, 5.74) is 7.26. The molecule has 1 fully saturated rings. The van der Waals surface area contributed by atoms with E-state index in [1.54, 1.807) is 18.2 Å². The number of aromatic amines is 1. The van der Waals surface area contributed by atoms with Gasteiger partial charge in [0.2, 0.25) is 0 Å². The third kappa shape index (κ3) is 4.19. The van der Waals surface area contributed by atoms with Crippen molar-refractivity contribution in [3.8, 4) is 11.4 Å². The second-order valence-electron chi connectivity index (χ2n) is 6.05. The molecule has 0 atom stereocenters. The first-order chi connectivity index (χ1) is 11.1. The lowest BCUT2D eigenvalue weighted by Gasteiger charge is -2.30. The van der Waals surface area contributed by atoms with Crippen LogP contribution in [0.2, 0.25) is 5.02 Å². The Morgan fingerprint density at radius 1 is 1.26 bits per heavy atom. The van der Waals surface area contributed by atoms with Gasteiger partial charge < -0.3 is 10.7 Å². The molecule has 6 heteroatoms. The molecule has 1 aromatic carbocycles. The number of nitrogens with two attached hydrogens (primary N) is 1. The van der Waals surface area contributed by atoms with Gasteiger partial charge in [-0.25, -0.2) is 4.98 Å². The minimum absolute atomic E-state index is 0.128. The minimum Gasteiger partial charge on any atom is -0.330 e. The third-order valence-electron chi connectivity index (χ3n) is 4.34. The van der Waals surface area contributed by atoms with Crippen LogP contribution in [0.25, 0.3) is 11.4 Å². The summed E-state index contributed by atoms with van der Waals surface area (Å²) in [7, 11) is 0. The molecule has 122 valence electrons. The number of rotatable bonds is 4. The van der Waals surface area contributed by atoms with E-state index in [2.05, 4.69) is 14.9 Å². The van der Waals surface area contributed by atoms with Crippen molar-refractivity contribution >= 4 is 11.6 Å². The van der Waals surface area contributed by atoms with E-state index in [0.717, 1.165) is 43.7 Å². The van der Waals surface area contributed by atoms with Gasteiger partial charge in [0.15, 0.2) is 0 Å². The zero-order chi connectivity index (χ0) is 16.2. The van der Waals surface area contributed by atoms with E-state index in [0.29, 0.717) is 23.3 Å². The molecule has 0 saturated carbocycles. The van der Waals surface area contributed by atoms with E-state index in [1.165, 1.54) is 0 Å². The Morgan fingerprint density at radius 2 is 1.96 bits per heavy atom. The van der Waals surface area contributed by atoms with Crippen LogP contribution in [-0.2, 0) is 6.54 Å². The van der Waals surface area contributed by atoms with E-state index in [1.807, 2.05) is 12.1 Å². The van der Waals surface area contributed by atoms with Gasteiger partial charge in [-0.3, -0.25) is 9.69 Å². The molecule has 5 nitrogen and oxygen atoms in total. The van der Waals surface area contributed by atoms with Crippen molar-refractivity contribution in [1.29, 1.82) is 0 Å². The van der Waals surface area contributed by atoms with Gasteiger partial charge in [-0.15, -0.1) is 0 Å². The van der Waals surface area contributed by atoms with Gasteiger partial charge >= 0.3 is 0 Å². The summed E-state index contributed by atoms with van der Waals surface area (Å²) in [6.07, 6.45) is 2.23. The lowest BCUT2D eigenvalue weighted by molar-refractivity contribution is 0.178. The van der Waals surface area contributed by atoms with Crippen LogP contribution in [0.1, 0.15) is 18.5 Å². The highest BCUT2D eigenvalue weighted by molar-refractivity contribution is 6.30. The summed E-state index contributed by atoms with van der Waals surface area (Å²) in [6, 6.07) is 8.88. The van der Waals surface area contributed by atoms with Crippen molar-refractivity contribution in [3.05, 3.63) is 51.4 Å². The predicted octanol–water partition coefficient (Wildman–Crippen LogP) is 2.26. The number of piperidine rings is 1. The first-order valence-electron chi connectivity index (χ1n) is 7.92. The van der Waals surface area contributed by atoms with E-state index in [4.69, 9.17) is 17.3 Å². The summed E-state index contributed by atoms with van der Waals surface area (Å²) in [5.74, 6) is 1.21. The molecule has 1 aliphatic rings. The Morgan fingerprint density at radius 3 is 2.61 bits per heavy atom. The molecule has 23 heavy (non-hydrogen) atoms. The summed E-state index contributed by atoms with van der Waals surface area (Å²) in [6.45, 7) is 3.47. The maximum Gasteiger partial charge on any atom is 0.251 e. The van der Waals surface area contributed by atoms with Gasteiger partial charge in [0.25, 0.3) is 5.56 Å². The van der Waals surface area contributed by atoms with E-state index in [-0.39, 0.29) is 5.56 Å². The molecule has 2 heterocycles. The molecule has 0 aliphatic carbocycles. The Balaban J connectivity index is 1.76. The maximum atomic E-state index is 11.9. The van der Waals surface area contributed by atoms with Crippen LogP contribution in [0.4, 0.5) is 0 Å². The van der Waals surface area contributed by atoms with Crippen molar-refractivity contribution in [1.82, 2.24) is 14.9 Å². The Bertz CT molecular complexity index is 705. The summed E-state index contributed by atoms with van der Waals surface area (Å²) < 4.78 is 0. The lowest BCUT2D eigenvalue weighted by Crippen LogP contribution is -2.36. The Kier molecular flexibility index (Phi) is 5.10. The number of halogens is 1. The minimum atomic E-state index is -0.128. The fraction of sp³-hybridized carbons (Fsp3) is 0.412. The van der Waals surface area contributed by atoms with E-state index < -0.39 is 0 Å². The van der Waals surface area contributed by atoms with E-state index >= 15 is 0 Å². The quantitative estimate of drug-likeness (QED) is 0.900. The number of benzene rings is 1. The normalized spacial score (nSPS) is 16.6.